The molecule has 0 saturated heterocycles. The van der Waals surface area contributed by atoms with E-state index in [1.165, 1.54) is 0 Å². The van der Waals surface area contributed by atoms with Crippen molar-refractivity contribution in [2.75, 3.05) is 5.32 Å². The summed E-state index contributed by atoms with van der Waals surface area (Å²) in [6.07, 6.45) is 1.88. The molecule has 0 amide bonds. The molecule has 0 atom stereocenters. The first-order valence-electron chi connectivity index (χ1n) is 5.42. The maximum atomic E-state index is 5.56. The summed E-state index contributed by atoms with van der Waals surface area (Å²) in [5, 5.41) is 7.35. The van der Waals surface area contributed by atoms with Crippen molar-refractivity contribution in [2.24, 2.45) is 12.8 Å². The van der Waals surface area contributed by atoms with Crippen LogP contribution in [-0.4, -0.2) is 24.7 Å². The van der Waals surface area contributed by atoms with Crippen molar-refractivity contribution in [2.45, 2.75) is 13.5 Å². The van der Waals surface area contributed by atoms with E-state index in [9.17, 15) is 0 Å². The highest BCUT2D eigenvalue weighted by molar-refractivity contribution is 7.80. The number of hydrogen-bond acceptors (Lipinski definition) is 5. The Balaban J connectivity index is 2.11. The molecule has 94 valence electrons. The van der Waals surface area contributed by atoms with Gasteiger partial charge in [0.25, 0.3) is 0 Å². The van der Waals surface area contributed by atoms with E-state index in [2.05, 4.69) is 20.4 Å². The summed E-state index contributed by atoms with van der Waals surface area (Å²) in [7, 11) is 1.87. The first kappa shape index (κ1) is 12.4. The van der Waals surface area contributed by atoms with E-state index in [4.69, 9.17) is 18.0 Å². The Kier molecular flexibility index (Phi) is 3.52. The summed E-state index contributed by atoms with van der Waals surface area (Å²) in [6, 6.07) is 3.69. The highest BCUT2D eigenvalue weighted by atomic mass is 32.1. The zero-order chi connectivity index (χ0) is 13.1. The average Bonchev–Trinajstić information content (AvgIpc) is 2.72. The Morgan fingerprint density at radius 2 is 2.28 bits per heavy atom. The molecule has 0 radical (unpaired) electrons. The maximum absolute atomic E-state index is 5.56. The first-order chi connectivity index (χ1) is 8.54. The number of nitrogens with two attached hydrogens (primary N) is 1. The topological polar surface area (TPSA) is 81.6 Å². The van der Waals surface area contributed by atoms with E-state index in [-0.39, 0.29) is 4.99 Å². The molecular weight excluding hydrogens is 248 g/mol. The van der Waals surface area contributed by atoms with Crippen molar-refractivity contribution < 1.29 is 0 Å². The van der Waals surface area contributed by atoms with Gasteiger partial charge in [0.2, 0.25) is 5.95 Å². The molecule has 0 aliphatic heterocycles. The number of aromatic nitrogens is 4. The van der Waals surface area contributed by atoms with Crippen LogP contribution in [0, 0.1) is 6.92 Å². The number of nitrogens with zero attached hydrogens (tertiary/aromatic N) is 4. The lowest BCUT2D eigenvalue weighted by atomic mass is 10.3. The van der Waals surface area contributed by atoms with E-state index in [1.54, 1.807) is 10.7 Å². The van der Waals surface area contributed by atoms with Crippen molar-refractivity contribution in [3.8, 4) is 0 Å². The van der Waals surface area contributed by atoms with E-state index in [0.29, 0.717) is 18.2 Å². The minimum atomic E-state index is 0.265. The Hall–Kier alpha value is -2.02. The van der Waals surface area contributed by atoms with Crippen molar-refractivity contribution >= 4 is 23.2 Å². The zero-order valence-corrected chi connectivity index (χ0v) is 11.0. The molecule has 0 unspecified atom stereocenters. The van der Waals surface area contributed by atoms with Crippen LogP contribution in [0.15, 0.2) is 18.3 Å². The van der Waals surface area contributed by atoms with Gasteiger partial charge in [-0.2, -0.15) is 5.10 Å². The largest absolute Gasteiger partial charge is 0.388 e. The second-order valence-corrected chi connectivity index (χ2v) is 4.36. The molecule has 7 heteroatoms. The number of anilines is 1. The third-order valence-corrected chi connectivity index (χ3v) is 2.51. The highest BCUT2D eigenvalue weighted by Crippen LogP contribution is 2.06. The first-order valence-corrected chi connectivity index (χ1v) is 5.83. The molecule has 0 aliphatic carbocycles. The van der Waals surface area contributed by atoms with Crippen LogP contribution in [0.2, 0.25) is 0 Å². The molecule has 0 fully saturated rings. The fraction of sp³-hybridized carbons (Fsp3) is 0.273. The van der Waals surface area contributed by atoms with Gasteiger partial charge in [0.1, 0.15) is 10.7 Å². The molecule has 2 rings (SSSR count). The van der Waals surface area contributed by atoms with Crippen LogP contribution in [0.5, 0.6) is 0 Å². The lowest BCUT2D eigenvalue weighted by Crippen LogP contribution is -2.14. The van der Waals surface area contributed by atoms with Crippen LogP contribution in [0.1, 0.15) is 17.1 Å². The highest BCUT2D eigenvalue weighted by Gasteiger charge is 2.05. The molecule has 0 bridgehead atoms. The average molecular weight is 262 g/mol. The van der Waals surface area contributed by atoms with Crippen LogP contribution >= 0.6 is 12.2 Å². The van der Waals surface area contributed by atoms with Crippen molar-refractivity contribution in [1.29, 1.82) is 0 Å². The molecular formula is C11H14N6S. The lowest BCUT2D eigenvalue weighted by molar-refractivity contribution is 0.746. The number of rotatable bonds is 4. The molecule has 0 aliphatic rings. The summed E-state index contributed by atoms with van der Waals surface area (Å²) < 4.78 is 1.74. The van der Waals surface area contributed by atoms with Crippen LogP contribution in [0.4, 0.5) is 5.95 Å². The predicted octanol–water partition coefficient (Wildman–Crippen LogP) is 0.765. The van der Waals surface area contributed by atoms with Gasteiger partial charge in [-0.05, 0) is 19.1 Å². The van der Waals surface area contributed by atoms with Crippen molar-refractivity contribution in [1.82, 2.24) is 19.7 Å². The fourth-order valence-electron chi connectivity index (χ4n) is 1.50. The molecule has 3 N–H and O–H groups in total. The quantitative estimate of drug-likeness (QED) is 0.792. The molecule has 0 aromatic carbocycles. The summed E-state index contributed by atoms with van der Waals surface area (Å²) >= 11 is 4.91. The molecule has 2 aromatic heterocycles. The van der Waals surface area contributed by atoms with Gasteiger partial charge in [0, 0.05) is 18.9 Å². The monoisotopic (exact) mass is 262 g/mol. The standard InChI is InChI=1S/C11H14N6S/c1-7-5-9(10(12)18)15-11(14-7)13-6-8-3-4-17(2)16-8/h3-5H,6H2,1-2H3,(H2,12,18)(H,13,14,15). The van der Waals surface area contributed by atoms with Gasteiger partial charge in [0.05, 0.1) is 12.2 Å². The molecule has 0 spiro atoms. The fourth-order valence-corrected chi connectivity index (χ4v) is 1.61. The molecule has 18 heavy (non-hydrogen) atoms. The number of nitrogens with one attached hydrogen (secondary N) is 1. The Bertz CT molecular complexity index is 577. The summed E-state index contributed by atoms with van der Waals surface area (Å²) in [6.45, 7) is 2.43. The van der Waals surface area contributed by atoms with Crippen molar-refractivity contribution in [3.05, 3.63) is 35.4 Å². The van der Waals surface area contributed by atoms with E-state index >= 15 is 0 Å². The van der Waals surface area contributed by atoms with Gasteiger partial charge in [-0.25, -0.2) is 9.97 Å². The third kappa shape index (κ3) is 3.01. The van der Waals surface area contributed by atoms with Gasteiger partial charge < -0.3 is 11.1 Å². The van der Waals surface area contributed by atoms with Gasteiger partial charge in [-0.1, -0.05) is 12.2 Å². The van der Waals surface area contributed by atoms with Crippen LogP contribution in [0.25, 0.3) is 0 Å². The zero-order valence-electron chi connectivity index (χ0n) is 10.2. The van der Waals surface area contributed by atoms with Crippen LogP contribution in [0.3, 0.4) is 0 Å². The number of thiocarbonyl (C=S) groups is 1. The lowest BCUT2D eigenvalue weighted by Gasteiger charge is -2.06. The van der Waals surface area contributed by atoms with Gasteiger partial charge in [-0.3, -0.25) is 4.68 Å². The molecule has 0 saturated carbocycles. The SMILES string of the molecule is Cc1cc(C(N)=S)nc(NCc2ccn(C)n2)n1. The smallest absolute Gasteiger partial charge is 0.223 e. The van der Waals surface area contributed by atoms with E-state index < -0.39 is 0 Å². The minimum absolute atomic E-state index is 0.265. The third-order valence-electron chi connectivity index (χ3n) is 2.30. The number of hydrogen-bond donors (Lipinski definition) is 2. The van der Waals surface area contributed by atoms with Crippen molar-refractivity contribution in [3.63, 3.8) is 0 Å². The maximum Gasteiger partial charge on any atom is 0.223 e. The van der Waals surface area contributed by atoms with Crippen LogP contribution in [-0.2, 0) is 13.6 Å². The van der Waals surface area contributed by atoms with Gasteiger partial charge in [0.15, 0.2) is 0 Å². The molecule has 6 nitrogen and oxygen atoms in total. The minimum Gasteiger partial charge on any atom is -0.388 e. The predicted molar refractivity (Wildman–Crippen MR) is 73.2 cm³/mol. The number of aryl methyl sites for hydroxylation is 2. The Morgan fingerprint density at radius 1 is 1.50 bits per heavy atom. The van der Waals surface area contributed by atoms with Gasteiger partial charge in [-0.15, -0.1) is 0 Å². The normalized spacial score (nSPS) is 10.3. The van der Waals surface area contributed by atoms with E-state index in [1.807, 2.05) is 26.2 Å². The summed E-state index contributed by atoms with van der Waals surface area (Å²) in [5.41, 5.74) is 7.86. The second kappa shape index (κ2) is 5.09. The molecule has 2 aromatic rings. The second-order valence-electron chi connectivity index (χ2n) is 3.92. The summed E-state index contributed by atoms with van der Waals surface area (Å²) in [5.74, 6) is 0.503. The Morgan fingerprint density at radius 3 is 2.89 bits per heavy atom. The summed E-state index contributed by atoms with van der Waals surface area (Å²) in [4.78, 5) is 8.76. The van der Waals surface area contributed by atoms with Crippen LogP contribution < -0.4 is 11.1 Å². The molecule has 2 heterocycles. The Labute approximate surface area is 110 Å². The van der Waals surface area contributed by atoms with Gasteiger partial charge >= 0.3 is 0 Å². The van der Waals surface area contributed by atoms with E-state index in [0.717, 1.165) is 11.4 Å².